The molecule has 2 fully saturated rings. The first kappa shape index (κ1) is 17.1. The number of anilines is 1. The molecule has 0 amide bonds. The quantitative estimate of drug-likeness (QED) is 0.842. The summed E-state index contributed by atoms with van der Waals surface area (Å²) in [5, 5.41) is 16.9. The molecule has 130 valence electrons. The summed E-state index contributed by atoms with van der Waals surface area (Å²) in [4.78, 5) is 4.83. The molecule has 3 heterocycles. The Balaban J connectivity index is 1.42. The highest BCUT2D eigenvalue weighted by atomic mass is 16.5. The van der Waals surface area contributed by atoms with Crippen molar-refractivity contribution < 1.29 is 4.74 Å². The summed E-state index contributed by atoms with van der Waals surface area (Å²) in [5.74, 6) is 1.68. The Morgan fingerprint density at radius 3 is 2.46 bits per heavy atom. The standard InChI is InChI=1S/C18H27N5O/c1-14-12-22(13-15(2)24-14)8-5-16-6-9-23(10-7-16)18-4-3-17(11-19)20-21-18/h3-4,14-16H,5-10,12-13H2,1-2H3. The van der Waals surface area contributed by atoms with Crippen LogP contribution in [0.15, 0.2) is 12.1 Å². The Morgan fingerprint density at radius 2 is 1.88 bits per heavy atom. The van der Waals surface area contributed by atoms with Gasteiger partial charge in [-0.25, -0.2) is 0 Å². The molecule has 0 N–H and O–H groups in total. The van der Waals surface area contributed by atoms with Gasteiger partial charge in [-0.05, 0) is 57.7 Å². The van der Waals surface area contributed by atoms with E-state index in [1.807, 2.05) is 12.1 Å². The van der Waals surface area contributed by atoms with Crippen LogP contribution >= 0.6 is 0 Å². The predicted octanol–water partition coefficient (Wildman–Crippen LogP) is 2.06. The van der Waals surface area contributed by atoms with Crippen LogP contribution in [-0.2, 0) is 4.74 Å². The average molecular weight is 329 g/mol. The maximum atomic E-state index is 8.79. The first-order valence-corrected chi connectivity index (χ1v) is 9.00. The molecule has 2 unspecified atom stereocenters. The van der Waals surface area contributed by atoms with E-state index >= 15 is 0 Å². The molecule has 24 heavy (non-hydrogen) atoms. The van der Waals surface area contributed by atoms with E-state index in [4.69, 9.17) is 10.00 Å². The highest BCUT2D eigenvalue weighted by molar-refractivity contribution is 5.39. The van der Waals surface area contributed by atoms with Gasteiger partial charge in [0.1, 0.15) is 6.07 Å². The van der Waals surface area contributed by atoms with Gasteiger partial charge in [0, 0.05) is 26.2 Å². The maximum Gasteiger partial charge on any atom is 0.163 e. The van der Waals surface area contributed by atoms with Gasteiger partial charge >= 0.3 is 0 Å². The summed E-state index contributed by atoms with van der Waals surface area (Å²) in [6.07, 6.45) is 4.39. The summed E-state index contributed by atoms with van der Waals surface area (Å²) in [7, 11) is 0. The molecule has 0 aliphatic carbocycles. The third-order valence-electron chi connectivity index (χ3n) is 5.05. The first-order chi connectivity index (χ1) is 11.6. The summed E-state index contributed by atoms with van der Waals surface area (Å²) < 4.78 is 5.81. The lowest BCUT2D eigenvalue weighted by atomic mass is 9.93. The molecule has 0 aromatic carbocycles. The van der Waals surface area contributed by atoms with Gasteiger partial charge in [0.25, 0.3) is 0 Å². The minimum Gasteiger partial charge on any atom is -0.373 e. The van der Waals surface area contributed by atoms with Crippen molar-refractivity contribution in [2.45, 2.75) is 45.3 Å². The zero-order chi connectivity index (χ0) is 16.9. The Labute approximate surface area is 144 Å². The third-order valence-corrected chi connectivity index (χ3v) is 5.05. The number of hydrogen-bond donors (Lipinski definition) is 0. The fourth-order valence-electron chi connectivity index (χ4n) is 3.84. The van der Waals surface area contributed by atoms with Crippen LogP contribution in [0.1, 0.15) is 38.8 Å². The van der Waals surface area contributed by atoms with Crippen molar-refractivity contribution in [1.82, 2.24) is 15.1 Å². The van der Waals surface area contributed by atoms with Gasteiger partial charge in [-0.15, -0.1) is 10.2 Å². The van der Waals surface area contributed by atoms with Gasteiger partial charge in [-0.1, -0.05) is 0 Å². The molecule has 6 heteroatoms. The van der Waals surface area contributed by atoms with Crippen LogP contribution in [-0.4, -0.2) is 60.0 Å². The van der Waals surface area contributed by atoms with Crippen molar-refractivity contribution in [2.24, 2.45) is 5.92 Å². The second-order valence-electron chi connectivity index (χ2n) is 7.12. The molecule has 0 saturated carbocycles. The van der Waals surface area contributed by atoms with Crippen LogP contribution in [0.4, 0.5) is 5.82 Å². The second kappa shape index (κ2) is 7.91. The molecule has 2 saturated heterocycles. The van der Waals surface area contributed by atoms with Crippen LogP contribution in [0.5, 0.6) is 0 Å². The van der Waals surface area contributed by atoms with Crippen LogP contribution in [0, 0.1) is 17.2 Å². The van der Waals surface area contributed by atoms with E-state index < -0.39 is 0 Å². The lowest BCUT2D eigenvalue weighted by molar-refractivity contribution is -0.0690. The molecule has 2 aliphatic heterocycles. The molecule has 2 atom stereocenters. The lowest BCUT2D eigenvalue weighted by Gasteiger charge is -2.37. The molecule has 2 aliphatic rings. The topological polar surface area (TPSA) is 65.3 Å². The van der Waals surface area contributed by atoms with Crippen molar-refractivity contribution in [3.8, 4) is 6.07 Å². The Morgan fingerprint density at radius 1 is 1.17 bits per heavy atom. The molecule has 6 nitrogen and oxygen atoms in total. The average Bonchev–Trinajstić information content (AvgIpc) is 2.60. The fourth-order valence-corrected chi connectivity index (χ4v) is 3.84. The van der Waals surface area contributed by atoms with Crippen molar-refractivity contribution in [2.75, 3.05) is 37.6 Å². The zero-order valence-corrected chi connectivity index (χ0v) is 14.7. The van der Waals surface area contributed by atoms with Gasteiger partial charge < -0.3 is 9.64 Å². The maximum absolute atomic E-state index is 8.79. The third kappa shape index (κ3) is 4.43. The molecule has 1 aromatic heterocycles. The summed E-state index contributed by atoms with van der Waals surface area (Å²) in [6.45, 7) is 9.69. The summed E-state index contributed by atoms with van der Waals surface area (Å²) in [6, 6.07) is 5.66. The SMILES string of the molecule is CC1CN(CCC2CCN(c3ccc(C#N)nn3)CC2)CC(C)O1. The van der Waals surface area contributed by atoms with Gasteiger partial charge in [-0.3, -0.25) is 4.90 Å². The second-order valence-corrected chi connectivity index (χ2v) is 7.12. The van der Waals surface area contributed by atoms with E-state index in [1.165, 1.54) is 25.8 Å². The minimum atomic E-state index is 0.352. The van der Waals surface area contributed by atoms with E-state index in [9.17, 15) is 0 Å². The monoisotopic (exact) mass is 329 g/mol. The van der Waals surface area contributed by atoms with E-state index in [-0.39, 0.29) is 0 Å². The smallest absolute Gasteiger partial charge is 0.163 e. The summed E-state index contributed by atoms with van der Waals surface area (Å²) >= 11 is 0. The minimum absolute atomic E-state index is 0.352. The zero-order valence-electron chi connectivity index (χ0n) is 14.7. The van der Waals surface area contributed by atoms with Crippen LogP contribution in [0.2, 0.25) is 0 Å². The molecule has 1 aromatic rings. The molecule has 3 rings (SSSR count). The van der Waals surface area contributed by atoms with Crippen molar-refractivity contribution in [3.05, 3.63) is 17.8 Å². The van der Waals surface area contributed by atoms with E-state index in [0.29, 0.717) is 17.9 Å². The number of piperidine rings is 1. The molecule has 0 spiro atoms. The lowest BCUT2D eigenvalue weighted by Crippen LogP contribution is -2.46. The Kier molecular flexibility index (Phi) is 5.64. The molecule has 0 bridgehead atoms. The van der Waals surface area contributed by atoms with Crippen molar-refractivity contribution in [3.63, 3.8) is 0 Å². The number of aromatic nitrogens is 2. The Bertz CT molecular complexity index is 552. The van der Waals surface area contributed by atoms with E-state index in [1.54, 1.807) is 6.07 Å². The van der Waals surface area contributed by atoms with Crippen LogP contribution in [0.3, 0.4) is 0 Å². The fraction of sp³-hybridized carbons (Fsp3) is 0.722. The van der Waals surface area contributed by atoms with Crippen LogP contribution in [0.25, 0.3) is 0 Å². The number of nitrogens with zero attached hydrogens (tertiary/aromatic N) is 5. The van der Waals surface area contributed by atoms with Gasteiger partial charge in [-0.2, -0.15) is 5.26 Å². The predicted molar refractivity (Wildman–Crippen MR) is 92.8 cm³/mol. The van der Waals surface area contributed by atoms with Gasteiger partial charge in [0.2, 0.25) is 0 Å². The summed E-state index contributed by atoms with van der Waals surface area (Å²) in [5.41, 5.74) is 0.377. The van der Waals surface area contributed by atoms with Crippen molar-refractivity contribution in [1.29, 1.82) is 5.26 Å². The molecule has 0 radical (unpaired) electrons. The first-order valence-electron chi connectivity index (χ1n) is 9.00. The van der Waals surface area contributed by atoms with E-state index in [0.717, 1.165) is 37.9 Å². The van der Waals surface area contributed by atoms with Gasteiger partial charge in [0.05, 0.1) is 12.2 Å². The normalized spacial score (nSPS) is 26.3. The number of rotatable bonds is 4. The largest absolute Gasteiger partial charge is 0.373 e. The molecular formula is C18H27N5O. The van der Waals surface area contributed by atoms with Gasteiger partial charge in [0.15, 0.2) is 11.5 Å². The Hall–Kier alpha value is -1.71. The number of hydrogen-bond acceptors (Lipinski definition) is 6. The highest BCUT2D eigenvalue weighted by Gasteiger charge is 2.24. The molecular weight excluding hydrogens is 302 g/mol. The number of nitriles is 1. The van der Waals surface area contributed by atoms with E-state index in [2.05, 4.69) is 33.8 Å². The van der Waals surface area contributed by atoms with Crippen LogP contribution < -0.4 is 4.90 Å². The highest BCUT2D eigenvalue weighted by Crippen LogP contribution is 2.24. The number of ether oxygens (including phenoxy) is 1. The van der Waals surface area contributed by atoms with Crippen molar-refractivity contribution >= 4 is 5.82 Å². The number of morpholine rings is 1.